The fourth-order valence-electron chi connectivity index (χ4n) is 8.78. The maximum atomic E-state index is 15.2. The van der Waals surface area contributed by atoms with Crippen LogP contribution < -0.4 is 14.7 Å². The fraction of sp³-hybridized carbons (Fsp3) is 0.525. The molecule has 3 heterocycles. The number of carbonyl (C=O) groups is 3. The highest BCUT2D eigenvalue weighted by molar-refractivity contribution is 6.07. The number of para-hydroxylation sites is 1. The topological polar surface area (TPSA) is 93.6 Å². The van der Waals surface area contributed by atoms with Crippen molar-refractivity contribution in [3.63, 3.8) is 0 Å². The van der Waals surface area contributed by atoms with Crippen LogP contribution in [0.2, 0.25) is 0 Å². The molecule has 2 aromatic rings. The van der Waals surface area contributed by atoms with Crippen molar-refractivity contribution in [2.45, 2.75) is 83.6 Å². The molecule has 0 radical (unpaired) electrons. The summed E-state index contributed by atoms with van der Waals surface area (Å²) in [7, 11) is 0. The van der Waals surface area contributed by atoms with E-state index in [1.54, 1.807) is 26.9 Å². The van der Waals surface area contributed by atoms with Crippen molar-refractivity contribution in [3.05, 3.63) is 79.9 Å². The number of rotatable bonds is 16. The number of fused-ring (bicyclic) bond motifs is 1. The molecule has 3 aliphatic rings. The van der Waals surface area contributed by atoms with E-state index >= 15 is 9.59 Å². The Morgan fingerprint density at radius 1 is 0.918 bits per heavy atom. The lowest BCUT2D eigenvalue weighted by atomic mass is 9.64. The molecule has 264 valence electrons. The molecule has 3 saturated heterocycles. The van der Waals surface area contributed by atoms with E-state index in [1.165, 1.54) is 0 Å². The first-order valence-electron chi connectivity index (χ1n) is 18.0. The first-order valence-corrected chi connectivity index (χ1v) is 18.0. The number of benzene rings is 2. The summed E-state index contributed by atoms with van der Waals surface area (Å²) in [6, 6.07) is 15.6. The lowest BCUT2D eigenvalue weighted by Crippen LogP contribution is -2.59. The van der Waals surface area contributed by atoms with Crippen LogP contribution in [-0.4, -0.2) is 83.8 Å². The first kappa shape index (κ1) is 36.3. The van der Waals surface area contributed by atoms with Crippen LogP contribution in [0.15, 0.2) is 79.9 Å². The van der Waals surface area contributed by atoms with Crippen LogP contribution in [0, 0.1) is 17.8 Å². The lowest BCUT2D eigenvalue weighted by Gasteiger charge is -2.40. The number of aliphatic hydroxyl groups excluding tert-OH is 1. The Bertz CT molecular complexity index is 1510. The Morgan fingerprint density at radius 2 is 1.49 bits per heavy atom. The van der Waals surface area contributed by atoms with Crippen LogP contribution in [0.1, 0.15) is 60.3 Å². The number of hydrogen-bond acceptors (Lipinski definition) is 6. The summed E-state index contributed by atoms with van der Waals surface area (Å²) in [5, 5.41) is 10.8. The Kier molecular flexibility index (Phi) is 11.0. The van der Waals surface area contributed by atoms with Crippen LogP contribution in [0.3, 0.4) is 0 Å². The minimum Gasteiger partial charge on any atom is -0.394 e. The molecule has 5 rings (SSSR count). The largest absolute Gasteiger partial charge is 0.394 e. The number of carbonyl (C=O) groups excluding carboxylic acids is 3. The molecule has 3 fully saturated rings. The van der Waals surface area contributed by atoms with Gasteiger partial charge >= 0.3 is 0 Å². The third-order valence-electron chi connectivity index (χ3n) is 11.0. The Morgan fingerprint density at radius 3 is 2.02 bits per heavy atom. The molecule has 9 heteroatoms. The molecule has 6 atom stereocenters. The van der Waals surface area contributed by atoms with E-state index in [0.717, 1.165) is 18.8 Å². The van der Waals surface area contributed by atoms with Gasteiger partial charge in [0, 0.05) is 43.2 Å². The van der Waals surface area contributed by atoms with Gasteiger partial charge in [0.2, 0.25) is 11.8 Å². The molecule has 2 unspecified atom stereocenters. The first-order chi connectivity index (χ1) is 23.6. The Labute approximate surface area is 292 Å². The number of ether oxygens (including phenoxy) is 1. The molecule has 2 aromatic carbocycles. The van der Waals surface area contributed by atoms with Gasteiger partial charge in [-0.15, -0.1) is 13.2 Å². The van der Waals surface area contributed by atoms with Crippen LogP contribution in [0.4, 0.5) is 17.1 Å². The van der Waals surface area contributed by atoms with Crippen molar-refractivity contribution in [3.8, 4) is 0 Å². The molecular formula is C40H54N4O5. The average Bonchev–Trinajstić information content (AvgIpc) is 3.72. The summed E-state index contributed by atoms with van der Waals surface area (Å²) in [5.74, 6) is -2.34. The van der Waals surface area contributed by atoms with E-state index in [-0.39, 0.29) is 43.3 Å². The smallest absolute Gasteiger partial charge is 0.253 e. The highest BCUT2D eigenvalue weighted by Gasteiger charge is 2.79. The highest BCUT2D eigenvalue weighted by Crippen LogP contribution is 2.65. The van der Waals surface area contributed by atoms with E-state index in [2.05, 4.69) is 31.9 Å². The molecule has 9 nitrogen and oxygen atoms in total. The van der Waals surface area contributed by atoms with E-state index < -0.39 is 35.1 Å². The maximum absolute atomic E-state index is 15.2. The minimum atomic E-state index is -1.23. The molecule has 3 amide bonds. The second-order valence-corrected chi connectivity index (χ2v) is 14.0. The average molecular weight is 671 g/mol. The third kappa shape index (κ3) is 6.20. The normalized spacial score (nSPS) is 26.1. The van der Waals surface area contributed by atoms with Crippen molar-refractivity contribution in [1.29, 1.82) is 0 Å². The summed E-state index contributed by atoms with van der Waals surface area (Å²) in [6.45, 7) is 20.0. The predicted molar refractivity (Wildman–Crippen MR) is 196 cm³/mol. The molecule has 49 heavy (non-hydrogen) atoms. The summed E-state index contributed by atoms with van der Waals surface area (Å²) < 4.78 is 7.10. The van der Waals surface area contributed by atoms with Crippen molar-refractivity contribution in [2.24, 2.45) is 17.8 Å². The molecule has 1 spiro atoms. The van der Waals surface area contributed by atoms with Crippen molar-refractivity contribution >= 4 is 34.8 Å². The van der Waals surface area contributed by atoms with Gasteiger partial charge in [-0.25, -0.2) is 0 Å². The number of aliphatic hydroxyl groups is 1. The number of anilines is 3. The highest BCUT2D eigenvalue weighted by atomic mass is 16.5. The third-order valence-corrected chi connectivity index (χ3v) is 11.0. The van der Waals surface area contributed by atoms with Gasteiger partial charge in [-0.1, -0.05) is 51.1 Å². The summed E-state index contributed by atoms with van der Waals surface area (Å²) >= 11 is 0. The summed E-state index contributed by atoms with van der Waals surface area (Å²) in [4.78, 5) is 52.2. The lowest BCUT2D eigenvalue weighted by molar-refractivity contribution is -0.149. The minimum absolute atomic E-state index is 0.147. The van der Waals surface area contributed by atoms with Gasteiger partial charge in [0.1, 0.15) is 11.6 Å². The van der Waals surface area contributed by atoms with E-state index in [9.17, 15) is 9.90 Å². The maximum Gasteiger partial charge on any atom is 0.253 e. The molecule has 0 aromatic heterocycles. The van der Waals surface area contributed by atoms with Crippen LogP contribution >= 0.6 is 0 Å². The summed E-state index contributed by atoms with van der Waals surface area (Å²) in [5.41, 5.74) is 0.316. The molecule has 2 bridgehead atoms. The van der Waals surface area contributed by atoms with Gasteiger partial charge in [-0.2, -0.15) is 0 Å². The van der Waals surface area contributed by atoms with Crippen LogP contribution in [0.5, 0.6) is 0 Å². The zero-order chi connectivity index (χ0) is 35.5. The van der Waals surface area contributed by atoms with Gasteiger partial charge in [0.05, 0.1) is 30.1 Å². The van der Waals surface area contributed by atoms with E-state index in [0.29, 0.717) is 37.1 Å². The van der Waals surface area contributed by atoms with Crippen LogP contribution in [0.25, 0.3) is 0 Å². The quantitative estimate of drug-likeness (QED) is 0.226. The zero-order valence-corrected chi connectivity index (χ0v) is 29.9. The number of amides is 3. The second kappa shape index (κ2) is 14.9. The van der Waals surface area contributed by atoms with Gasteiger partial charge in [-0.3, -0.25) is 14.4 Å². The van der Waals surface area contributed by atoms with Gasteiger partial charge in [0.15, 0.2) is 0 Å². The number of nitrogens with zero attached hydrogens (tertiary/aromatic N) is 4. The van der Waals surface area contributed by atoms with Gasteiger partial charge < -0.3 is 29.4 Å². The van der Waals surface area contributed by atoms with Gasteiger partial charge in [0.25, 0.3) is 5.91 Å². The zero-order valence-electron chi connectivity index (χ0n) is 29.9. The SMILES string of the molecule is C=CCN(C(=O)C1N([C@@H](CO)CC(C)C)C(=O)[C@@H]2[C@@H](C(=O)N(CC=C)c3ccccc3)[C@@]3(CC)CCC12O3)c1ccc(N(CC)CC)cc1. The number of hydrogen-bond donors (Lipinski definition) is 1. The molecule has 1 N–H and O–H groups in total. The standard InChI is InChI=1S/C40H54N4O5/c1-8-24-42(30-16-14-13-15-17-30)36(46)33-34-37(47)44(32(27-45)26-28(6)7)35(40(34)23-22-39(33,10-3)49-40)38(48)43(25-9-2)31-20-18-29(19-21-31)41(11-4)12-5/h8-9,13-21,28,32-35,45H,1-2,10-12,22-27H2,3-7H3/t32-,33+,34+,35?,39-,40?/m1/s1. The number of likely N-dealkylation sites (tertiary alicyclic amines) is 1. The Hall–Kier alpha value is -3.95. The Balaban J connectivity index is 1.63. The van der Waals surface area contributed by atoms with E-state index in [1.807, 2.05) is 75.4 Å². The molecule has 3 aliphatic heterocycles. The van der Waals surface area contributed by atoms with E-state index in [4.69, 9.17) is 4.74 Å². The predicted octanol–water partition coefficient (Wildman–Crippen LogP) is 5.83. The second-order valence-electron chi connectivity index (χ2n) is 14.0. The monoisotopic (exact) mass is 670 g/mol. The summed E-state index contributed by atoms with van der Waals surface area (Å²) in [6.07, 6.45) is 5.40. The van der Waals surface area contributed by atoms with Crippen molar-refractivity contribution in [1.82, 2.24) is 4.90 Å². The molecule has 0 saturated carbocycles. The van der Waals surface area contributed by atoms with Crippen molar-refractivity contribution < 1.29 is 24.2 Å². The van der Waals surface area contributed by atoms with Crippen LogP contribution in [-0.2, 0) is 19.1 Å². The molecule has 0 aliphatic carbocycles. The fourth-order valence-corrected chi connectivity index (χ4v) is 8.78. The van der Waals surface area contributed by atoms with Gasteiger partial charge in [-0.05, 0) is 81.8 Å². The molecular weight excluding hydrogens is 616 g/mol. The van der Waals surface area contributed by atoms with Crippen molar-refractivity contribution in [2.75, 3.05) is 47.5 Å².